The van der Waals surface area contributed by atoms with Crippen LogP contribution in [-0.4, -0.2) is 22.5 Å². The van der Waals surface area contributed by atoms with Crippen LogP contribution in [0.3, 0.4) is 0 Å². The molecule has 5 nitrogen and oxygen atoms in total. The zero-order chi connectivity index (χ0) is 17.6. The number of pyridine rings is 1. The Bertz CT molecular complexity index is 898. The monoisotopic (exact) mass is 333 g/mol. The number of ether oxygens (including phenoxy) is 1. The Balaban J connectivity index is 1.86. The summed E-state index contributed by atoms with van der Waals surface area (Å²) in [5, 5.41) is 0. The lowest BCUT2D eigenvalue weighted by molar-refractivity contribution is 0.0528. The summed E-state index contributed by atoms with van der Waals surface area (Å²) in [6.07, 6.45) is 5.66. The van der Waals surface area contributed by atoms with Crippen molar-refractivity contribution < 1.29 is 9.53 Å². The van der Waals surface area contributed by atoms with Crippen LogP contribution in [0.2, 0.25) is 0 Å². The van der Waals surface area contributed by atoms with Gasteiger partial charge in [-0.3, -0.25) is 4.98 Å². The van der Waals surface area contributed by atoms with E-state index in [1.807, 2.05) is 54.6 Å². The predicted octanol–water partition coefficient (Wildman–Crippen LogP) is 4.01. The maximum Gasteiger partial charge on any atom is 0.341 e. The van der Waals surface area contributed by atoms with Gasteiger partial charge in [0.2, 0.25) is 0 Å². The normalized spacial score (nSPS) is 10.9. The maximum atomic E-state index is 11.9. The first-order valence-corrected chi connectivity index (χ1v) is 8.02. The van der Waals surface area contributed by atoms with Crippen molar-refractivity contribution in [2.24, 2.45) is 0 Å². The molecule has 0 radical (unpaired) electrons. The summed E-state index contributed by atoms with van der Waals surface area (Å²) in [4.78, 5) is 19.3. The van der Waals surface area contributed by atoms with Crippen molar-refractivity contribution in [3.8, 4) is 11.3 Å². The summed E-state index contributed by atoms with van der Waals surface area (Å²) in [6.45, 7) is 2.07. The van der Waals surface area contributed by atoms with Gasteiger partial charge in [0.25, 0.3) is 0 Å². The molecule has 0 aliphatic carbocycles. The molecular formula is C20H19N3O2. The van der Waals surface area contributed by atoms with Crippen molar-refractivity contribution in [2.45, 2.75) is 6.92 Å². The van der Waals surface area contributed by atoms with Crippen LogP contribution in [0.25, 0.3) is 23.4 Å². The highest BCUT2D eigenvalue weighted by Gasteiger charge is 2.15. The Hall–Kier alpha value is -3.34. The number of nitrogens with two attached hydrogens (primary N) is 1. The number of carbonyl (C=O) groups is 1. The number of aromatic amines is 1. The fourth-order valence-electron chi connectivity index (χ4n) is 2.46. The van der Waals surface area contributed by atoms with Crippen LogP contribution < -0.4 is 5.73 Å². The number of esters is 1. The van der Waals surface area contributed by atoms with E-state index in [4.69, 9.17) is 10.5 Å². The fourth-order valence-corrected chi connectivity index (χ4v) is 2.46. The topological polar surface area (TPSA) is 81.0 Å². The lowest BCUT2D eigenvalue weighted by atomic mass is 10.1. The van der Waals surface area contributed by atoms with Gasteiger partial charge in [-0.15, -0.1) is 0 Å². The number of nitrogens with one attached hydrogen (secondary N) is 1. The molecule has 1 aromatic carbocycles. The summed E-state index contributed by atoms with van der Waals surface area (Å²) in [5.74, 6) is -0.132. The van der Waals surface area contributed by atoms with Gasteiger partial charge >= 0.3 is 5.97 Å². The van der Waals surface area contributed by atoms with Gasteiger partial charge in [-0.05, 0) is 36.8 Å². The molecule has 0 atom stereocenters. The number of nitrogens with zero attached hydrogens (tertiary/aromatic N) is 1. The number of nitrogen functional groups attached to an aromatic ring is 1. The van der Waals surface area contributed by atoms with E-state index in [2.05, 4.69) is 9.97 Å². The van der Waals surface area contributed by atoms with Gasteiger partial charge in [-0.1, -0.05) is 36.4 Å². The average Bonchev–Trinajstić information content (AvgIpc) is 3.03. The molecule has 0 aliphatic rings. The summed E-state index contributed by atoms with van der Waals surface area (Å²) in [6, 6.07) is 15.5. The first-order chi connectivity index (χ1) is 12.2. The molecule has 25 heavy (non-hydrogen) atoms. The quantitative estimate of drug-likeness (QED) is 0.691. The second-order valence-electron chi connectivity index (χ2n) is 5.44. The van der Waals surface area contributed by atoms with Gasteiger partial charge in [0, 0.05) is 17.5 Å². The number of rotatable bonds is 5. The zero-order valence-corrected chi connectivity index (χ0v) is 13.9. The third kappa shape index (κ3) is 3.95. The number of hydrogen-bond donors (Lipinski definition) is 2. The van der Waals surface area contributed by atoms with E-state index in [9.17, 15) is 4.79 Å². The molecule has 0 unspecified atom stereocenters. The second kappa shape index (κ2) is 7.49. The smallest absolute Gasteiger partial charge is 0.341 e. The summed E-state index contributed by atoms with van der Waals surface area (Å²) in [5.41, 5.74) is 9.79. The fraction of sp³-hybridized carbons (Fsp3) is 0.100. The number of anilines is 1. The van der Waals surface area contributed by atoms with Crippen LogP contribution >= 0.6 is 0 Å². The van der Waals surface area contributed by atoms with Crippen molar-refractivity contribution in [1.29, 1.82) is 0 Å². The first kappa shape index (κ1) is 16.5. The zero-order valence-electron chi connectivity index (χ0n) is 13.9. The van der Waals surface area contributed by atoms with Crippen molar-refractivity contribution in [3.05, 3.63) is 71.5 Å². The summed E-state index contributed by atoms with van der Waals surface area (Å²) in [7, 11) is 0. The van der Waals surface area contributed by atoms with Crippen molar-refractivity contribution in [1.82, 2.24) is 9.97 Å². The van der Waals surface area contributed by atoms with Crippen LogP contribution in [0.1, 0.15) is 28.5 Å². The molecule has 0 bridgehead atoms. The van der Waals surface area contributed by atoms with Crippen LogP contribution in [0.4, 0.5) is 5.82 Å². The molecular weight excluding hydrogens is 314 g/mol. The summed E-state index contributed by atoms with van der Waals surface area (Å²) < 4.78 is 5.01. The number of hydrogen-bond acceptors (Lipinski definition) is 4. The molecule has 3 N–H and O–H groups in total. The molecule has 126 valence electrons. The Morgan fingerprint density at radius 2 is 2.00 bits per heavy atom. The molecule has 3 rings (SSSR count). The minimum absolute atomic E-state index is 0.298. The molecule has 2 heterocycles. The number of H-pyrrole nitrogens is 1. The lowest BCUT2D eigenvalue weighted by Crippen LogP contribution is -2.05. The minimum Gasteiger partial charge on any atom is -0.462 e. The predicted molar refractivity (Wildman–Crippen MR) is 99.8 cm³/mol. The SMILES string of the molecule is CCOC(=O)c1cc(-c2ccnc(C=Cc3ccccc3)c2)[nH]c1N. The van der Waals surface area contributed by atoms with Gasteiger partial charge in [-0.25, -0.2) is 4.79 Å². The number of benzene rings is 1. The third-order valence-electron chi connectivity index (χ3n) is 3.68. The Morgan fingerprint density at radius 3 is 2.76 bits per heavy atom. The van der Waals surface area contributed by atoms with Crippen LogP contribution in [-0.2, 0) is 4.74 Å². The lowest BCUT2D eigenvalue weighted by Gasteiger charge is -2.00. The Morgan fingerprint density at radius 1 is 1.20 bits per heavy atom. The molecule has 0 saturated carbocycles. The molecule has 3 aromatic rings. The molecule has 0 amide bonds. The van der Waals surface area contributed by atoms with Gasteiger partial charge in [-0.2, -0.15) is 0 Å². The largest absolute Gasteiger partial charge is 0.462 e. The van der Waals surface area contributed by atoms with Crippen LogP contribution in [0.5, 0.6) is 0 Å². The van der Waals surface area contributed by atoms with Crippen molar-refractivity contribution >= 4 is 23.9 Å². The first-order valence-electron chi connectivity index (χ1n) is 8.02. The molecule has 0 spiro atoms. The molecule has 5 heteroatoms. The highest BCUT2D eigenvalue weighted by molar-refractivity contribution is 5.96. The Labute approximate surface area is 146 Å². The molecule has 2 aromatic heterocycles. The average molecular weight is 333 g/mol. The molecule has 0 aliphatic heterocycles. The van der Waals surface area contributed by atoms with E-state index >= 15 is 0 Å². The minimum atomic E-state index is -0.430. The van der Waals surface area contributed by atoms with E-state index in [0.29, 0.717) is 18.0 Å². The second-order valence-corrected chi connectivity index (χ2v) is 5.44. The molecule has 0 saturated heterocycles. The van der Waals surface area contributed by atoms with E-state index in [0.717, 1.165) is 22.5 Å². The van der Waals surface area contributed by atoms with Gasteiger partial charge in [0.05, 0.1) is 12.3 Å². The maximum absolute atomic E-state index is 11.9. The highest BCUT2D eigenvalue weighted by Crippen LogP contribution is 2.24. The van der Waals surface area contributed by atoms with Crippen LogP contribution in [0, 0.1) is 0 Å². The Kier molecular flexibility index (Phi) is 4.95. The van der Waals surface area contributed by atoms with Crippen molar-refractivity contribution in [3.63, 3.8) is 0 Å². The van der Waals surface area contributed by atoms with E-state index in [1.54, 1.807) is 19.2 Å². The third-order valence-corrected chi connectivity index (χ3v) is 3.68. The number of aromatic nitrogens is 2. The van der Waals surface area contributed by atoms with E-state index in [1.165, 1.54) is 0 Å². The van der Waals surface area contributed by atoms with Gasteiger partial charge in [0.15, 0.2) is 0 Å². The van der Waals surface area contributed by atoms with E-state index in [-0.39, 0.29) is 0 Å². The standard InChI is InChI=1S/C20H19N3O2/c1-2-25-20(24)17-13-18(23-19(17)21)15-10-11-22-16(12-15)9-8-14-6-4-3-5-7-14/h3-13,23H,2,21H2,1H3. The van der Waals surface area contributed by atoms with Crippen molar-refractivity contribution in [2.75, 3.05) is 12.3 Å². The number of carbonyl (C=O) groups excluding carboxylic acids is 1. The van der Waals surface area contributed by atoms with E-state index < -0.39 is 5.97 Å². The summed E-state index contributed by atoms with van der Waals surface area (Å²) >= 11 is 0. The van der Waals surface area contributed by atoms with Gasteiger partial charge in [0.1, 0.15) is 11.4 Å². The molecule has 0 fully saturated rings. The highest BCUT2D eigenvalue weighted by atomic mass is 16.5. The van der Waals surface area contributed by atoms with Gasteiger partial charge < -0.3 is 15.5 Å². The van der Waals surface area contributed by atoms with Crippen LogP contribution in [0.15, 0.2) is 54.7 Å².